The molecule has 0 unspecified atom stereocenters. The van der Waals surface area contributed by atoms with Crippen LogP contribution in [0.2, 0.25) is 0 Å². The van der Waals surface area contributed by atoms with Crippen LogP contribution in [0.1, 0.15) is 60.3 Å². The third-order valence-electron chi connectivity index (χ3n) is 2.34. The van der Waals surface area contributed by atoms with Gasteiger partial charge >= 0.3 is 7.60 Å². The predicted molar refractivity (Wildman–Crippen MR) is 69.1 cm³/mol. The van der Waals surface area contributed by atoms with Gasteiger partial charge in [-0.3, -0.25) is 4.57 Å². The zero-order valence-electron chi connectivity index (χ0n) is 11.4. The van der Waals surface area contributed by atoms with Crippen molar-refractivity contribution in [2.45, 2.75) is 65.5 Å². The topological polar surface area (TPSA) is 35.5 Å². The molecule has 0 aliphatic rings. The molecular formula is C12H27O3P. The van der Waals surface area contributed by atoms with Crippen molar-refractivity contribution in [1.82, 2.24) is 0 Å². The first kappa shape index (κ1) is 16.1. The fourth-order valence-corrected chi connectivity index (χ4v) is 2.67. The second kappa shape index (κ2) is 7.47. The van der Waals surface area contributed by atoms with Crippen molar-refractivity contribution in [2.75, 3.05) is 13.2 Å². The highest BCUT2D eigenvalue weighted by Gasteiger charge is 2.39. The van der Waals surface area contributed by atoms with E-state index in [-0.39, 0.29) is 0 Å². The van der Waals surface area contributed by atoms with E-state index in [9.17, 15) is 4.57 Å². The van der Waals surface area contributed by atoms with Crippen LogP contribution in [0, 0.1) is 0 Å². The van der Waals surface area contributed by atoms with Crippen LogP contribution in [-0.2, 0) is 13.6 Å². The van der Waals surface area contributed by atoms with Crippen molar-refractivity contribution in [3.8, 4) is 0 Å². The quantitative estimate of drug-likeness (QED) is 0.466. The standard InChI is InChI=1S/C12H27O3P/c1-6-8-10-14-16(13,12(3,4)5)15-11-9-7-2/h6-11H2,1-5H3. The molecule has 0 saturated carbocycles. The predicted octanol–water partition coefficient (Wildman–Crippen LogP) is 4.61. The Morgan fingerprint density at radius 3 is 1.56 bits per heavy atom. The normalized spacial score (nSPS) is 13.1. The molecule has 0 saturated heterocycles. The minimum atomic E-state index is -2.96. The van der Waals surface area contributed by atoms with Gasteiger partial charge in [0.15, 0.2) is 0 Å². The summed E-state index contributed by atoms with van der Waals surface area (Å²) < 4.78 is 23.6. The molecule has 0 radical (unpaired) electrons. The maximum absolute atomic E-state index is 12.5. The Bertz CT molecular complexity index is 207. The summed E-state index contributed by atoms with van der Waals surface area (Å²) in [7, 11) is -2.96. The summed E-state index contributed by atoms with van der Waals surface area (Å²) in [4.78, 5) is 0. The Morgan fingerprint density at radius 1 is 0.938 bits per heavy atom. The van der Waals surface area contributed by atoms with E-state index in [1.165, 1.54) is 0 Å². The Kier molecular flexibility index (Phi) is 7.54. The van der Waals surface area contributed by atoms with Gasteiger partial charge in [0, 0.05) is 0 Å². The summed E-state index contributed by atoms with van der Waals surface area (Å²) in [5.41, 5.74) is 0. The van der Waals surface area contributed by atoms with Gasteiger partial charge in [-0.05, 0) is 33.6 Å². The lowest BCUT2D eigenvalue weighted by atomic mass is 10.3. The van der Waals surface area contributed by atoms with Gasteiger partial charge in [-0.2, -0.15) is 0 Å². The van der Waals surface area contributed by atoms with Gasteiger partial charge in [0.1, 0.15) is 0 Å². The number of rotatable bonds is 8. The zero-order valence-corrected chi connectivity index (χ0v) is 12.3. The highest BCUT2D eigenvalue weighted by molar-refractivity contribution is 7.55. The molecule has 0 N–H and O–H groups in total. The van der Waals surface area contributed by atoms with E-state index >= 15 is 0 Å². The van der Waals surface area contributed by atoms with Gasteiger partial charge in [-0.25, -0.2) is 0 Å². The minimum absolute atomic E-state index is 0.436. The van der Waals surface area contributed by atoms with Crippen LogP contribution < -0.4 is 0 Å². The molecule has 0 aromatic carbocycles. The van der Waals surface area contributed by atoms with Gasteiger partial charge in [0.25, 0.3) is 0 Å². The summed E-state index contributed by atoms with van der Waals surface area (Å²) in [6.07, 6.45) is 3.94. The second-order valence-corrected chi connectivity index (χ2v) is 7.89. The van der Waals surface area contributed by atoms with E-state index in [2.05, 4.69) is 13.8 Å². The highest BCUT2D eigenvalue weighted by atomic mass is 31.2. The molecule has 0 fully saturated rings. The van der Waals surface area contributed by atoms with Crippen molar-refractivity contribution in [3.63, 3.8) is 0 Å². The number of hydrogen-bond donors (Lipinski definition) is 0. The molecule has 3 nitrogen and oxygen atoms in total. The van der Waals surface area contributed by atoms with Gasteiger partial charge in [-0.15, -0.1) is 0 Å². The fourth-order valence-electron chi connectivity index (χ4n) is 1.08. The SMILES string of the molecule is CCCCOP(=O)(OCCCC)C(C)(C)C. The lowest BCUT2D eigenvalue weighted by Gasteiger charge is -2.29. The molecule has 0 bridgehead atoms. The molecule has 0 spiro atoms. The second-order valence-electron chi connectivity index (χ2n) is 5.04. The first-order valence-electron chi connectivity index (χ1n) is 6.26. The summed E-state index contributed by atoms with van der Waals surface area (Å²) in [6.45, 7) is 10.9. The minimum Gasteiger partial charge on any atom is -0.308 e. The smallest absolute Gasteiger partial charge is 0.308 e. The summed E-state index contributed by atoms with van der Waals surface area (Å²) >= 11 is 0. The third kappa shape index (κ3) is 5.47. The van der Waals surface area contributed by atoms with Gasteiger partial charge in [0.05, 0.1) is 18.4 Å². The molecule has 16 heavy (non-hydrogen) atoms. The molecule has 0 aliphatic heterocycles. The average Bonchev–Trinajstić information content (AvgIpc) is 2.17. The van der Waals surface area contributed by atoms with Crippen LogP contribution in [0.15, 0.2) is 0 Å². The summed E-state index contributed by atoms with van der Waals surface area (Å²) in [5.74, 6) is 0. The van der Waals surface area contributed by atoms with Crippen LogP contribution in [-0.4, -0.2) is 18.4 Å². The lowest BCUT2D eigenvalue weighted by molar-refractivity contribution is 0.185. The summed E-state index contributed by atoms with van der Waals surface area (Å²) in [5, 5.41) is -0.436. The van der Waals surface area contributed by atoms with E-state index in [0.29, 0.717) is 13.2 Å². The van der Waals surface area contributed by atoms with Gasteiger partial charge in [-0.1, -0.05) is 26.7 Å². The van der Waals surface area contributed by atoms with Crippen molar-refractivity contribution < 1.29 is 13.6 Å². The molecule has 0 aromatic rings. The molecule has 0 aliphatic carbocycles. The van der Waals surface area contributed by atoms with Gasteiger partial charge < -0.3 is 9.05 Å². The molecule has 98 valence electrons. The summed E-state index contributed by atoms with van der Waals surface area (Å²) in [6, 6.07) is 0. The average molecular weight is 250 g/mol. The third-order valence-corrected chi connectivity index (χ3v) is 5.03. The molecule has 0 heterocycles. The Hall–Kier alpha value is 0.150. The first-order valence-corrected chi connectivity index (χ1v) is 7.81. The van der Waals surface area contributed by atoms with Crippen molar-refractivity contribution in [1.29, 1.82) is 0 Å². The van der Waals surface area contributed by atoms with E-state index in [1.807, 2.05) is 20.8 Å². The molecular weight excluding hydrogens is 223 g/mol. The fraction of sp³-hybridized carbons (Fsp3) is 1.00. The van der Waals surface area contributed by atoms with Crippen LogP contribution in [0.4, 0.5) is 0 Å². The number of unbranched alkanes of at least 4 members (excludes halogenated alkanes) is 2. The van der Waals surface area contributed by atoms with E-state index in [1.54, 1.807) is 0 Å². The highest BCUT2D eigenvalue weighted by Crippen LogP contribution is 2.59. The largest absolute Gasteiger partial charge is 0.335 e. The van der Waals surface area contributed by atoms with E-state index in [4.69, 9.17) is 9.05 Å². The molecule has 0 rings (SSSR count). The van der Waals surface area contributed by atoms with E-state index in [0.717, 1.165) is 25.7 Å². The maximum Gasteiger partial charge on any atom is 0.335 e. The van der Waals surface area contributed by atoms with Crippen molar-refractivity contribution >= 4 is 7.60 Å². The number of hydrogen-bond acceptors (Lipinski definition) is 3. The van der Waals surface area contributed by atoms with Crippen LogP contribution >= 0.6 is 7.60 Å². The van der Waals surface area contributed by atoms with Crippen LogP contribution in [0.25, 0.3) is 0 Å². The van der Waals surface area contributed by atoms with Gasteiger partial charge in [0.2, 0.25) is 0 Å². The lowest BCUT2D eigenvalue weighted by Crippen LogP contribution is -2.19. The maximum atomic E-state index is 12.5. The molecule has 0 atom stereocenters. The molecule has 0 amide bonds. The first-order chi connectivity index (χ1) is 7.37. The van der Waals surface area contributed by atoms with Crippen LogP contribution in [0.5, 0.6) is 0 Å². The van der Waals surface area contributed by atoms with E-state index < -0.39 is 12.8 Å². The van der Waals surface area contributed by atoms with Crippen LogP contribution in [0.3, 0.4) is 0 Å². The molecule has 4 heteroatoms. The monoisotopic (exact) mass is 250 g/mol. The zero-order chi connectivity index (χ0) is 12.7. The van der Waals surface area contributed by atoms with Crippen molar-refractivity contribution in [3.05, 3.63) is 0 Å². The Labute approximate surface area is 100 Å². The Balaban J connectivity index is 4.33. The molecule has 0 aromatic heterocycles. The Morgan fingerprint density at radius 2 is 1.31 bits per heavy atom. The van der Waals surface area contributed by atoms with Crippen molar-refractivity contribution in [2.24, 2.45) is 0 Å².